The molecular weight excluding hydrogens is 454 g/mol. The highest BCUT2D eigenvalue weighted by atomic mass is 16.6. The Balaban J connectivity index is 1.42. The van der Waals surface area contributed by atoms with Crippen LogP contribution in [0.15, 0.2) is 36.8 Å². The number of amides is 3. The lowest BCUT2D eigenvalue weighted by molar-refractivity contribution is 0.0197. The van der Waals surface area contributed by atoms with E-state index in [0.717, 1.165) is 5.70 Å². The minimum Gasteiger partial charge on any atom is -0.444 e. The molecule has 0 radical (unpaired) electrons. The molecule has 2 aromatic heterocycles. The zero-order valence-electron chi connectivity index (χ0n) is 19.8. The van der Waals surface area contributed by atoms with Crippen LogP contribution in [-0.2, 0) is 4.74 Å². The average Bonchev–Trinajstić information content (AvgIpc) is 3.25. The van der Waals surface area contributed by atoms with Crippen molar-refractivity contribution in [1.29, 1.82) is 0 Å². The van der Waals surface area contributed by atoms with E-state index in [1.54, 1.807) is 15.7 Å². The maximum atomic E-state index is 12.7. The van der Waals surface area contributed by atoms with Crippen LogP contribution in [-0.4, -0.2) is 67.6 Å². The summed E-state index contributed by atoms with van der Waals surface area (Å²) in [6.45, 7) is 6.50. The standard InChI is InChI=1S/C23H29N7O5/c1-23(2,3)35-22(34)29-10-6-14(7-11-29)17-12-18(31)26-19-16(13-25-30(17)19)21(33)28-27-20(32)15-4-8-24-9-5-15/h4-5,8-9,12-14,18,26,31H,6-7,10-11H2,1-3H3,(H,27,32)(H,28,33). The van der Waals surface area contributed by atoms with Gasteiger partial charge in [0.1, 0.15) is 23.2 Å². The summed E-state index contributed by atoms with van der Waals surface area (Å²) in [4.78, 5) is 42.8. The molecule has 0 aliphatic carbocycles. The molecule has 2 aromatic rings. The molecule has 1 saturated heterocycles. The van der Waals surface area contributed by atoms with Gasteiger partial charge in [0.2, 0.25) is 0 Å². The Labute approximate surface area is 202 Å². The van der Waals surface area contributed by atoms with Gasteiger partial charge in [0.15, 0.2) is 0 Å². The van der Waals surface area contributed by atoms with Gasteiger partial charge in [-0.05, 0) is 51.8 Å². The molecule has 4 N–H and O–H groups in total. The van der Waals surface area contributed by atoms with Crippen molar-refractivity contribution in [3.63, 3.8) is 0 Å². The normalized spacial score (nSPS) is 18.1. The first kappa shape index (κ1) is 24.2. The molecule has 1 unspecified atom stereocenters. The van der Waals surface area contributed by atoms with Crippen molar-refractivity contribution in [3.05, 3.63) is 47.9 Å². The summed E-state index contributed by atoms with van der Waals surface area (Å²) in [5, 5.41) is 17.6. The number of carbonyl (C=O) groups is 3. The predicted octanol–water partition coefficient (Wildman–Crippen LogP) is 1.58. The molecule has 2 aliphatic rings. The van der Waals surface area contributed by atoms with Crippen LogP contribution in [0.1, 0.15) is 54.3 Å². The van der Waals surface area contributed by atoms with E-state index in [4.69, 9.17) is 4.74 Å². The van der Waals surface area contributed by atoms with Gasteiger partial charge < -0.3 is 20.1 Å². The first-order chi connectivity index (χ1) is 16.6. The maximum Gasteiger partial charge on any atom is 0.410 e. The quantitative estimate of drug-likeness (QED) is 0.481. The molecule has 0 bridgehead atoms. The van der Waals surface area contributed by atoms with Gasteiger partial charge in [-0.25, -0.2) is 9.48 Å². The smallest absolute Gasteiger partial charge is 0.410 e. The monoisotopic (exact) mass is 483 g/mol. The summed E-state index contributed by atoms with van der Waals surface area (Å²) >= 11 is 0. The summed E-state index contributed by atoms with van der Waals surface area (Å²) in [5.41, 5.74) is 5.41. The van der Waals surface area contributed by atoms with Gasteiger partial charge >= 0.3 is 6.09 Å². The third-order valence-corrected chi connectivity index (χ3v) is 5.67. The van der Waals surface area contributed by atoms with Crippen molar-refractivity contribution < 1.29 is 24.2 Å². The Morgan fingerprint density at radius 1 is 1.11 bits per heavy atom. The van der Waals surface area contributed by atoms with Crippen molar-refractivity contribution in [3.8, 4) is 0 Å². The fourth-order valence-electron chi connectivity index (χ4n) is 4.01. The fraction of sp³-hybridized carbons (Fsp3) is 0.435. The number of rotatable bonds is 3. The largest absolute Gasteiger partial charge is 0.444 e. The molecule has 1 fully saturated rings. The van der Waals surface area contributed by atoms with E-state index >= 15 is 0 Å². The zero-order chi connectivity index (χ0) is 25.2. The fourth-order valence-corrected chi connectivity index (χ4v) is 4.01. The number of allylic oxidation sites excluding steroid dienone is 1. The molecular formula is C23H29N7O5. The second-order valence-corrected chi connectivity index (χ2v) is 9.39. The topological polar surface area (TPSA) is 151 Å². The lowest BCUT2D eigenvalue weighted by Crippen LogP contribution is -2.43. The van der Waals surface area contributed by atoms with Crippen LogP contribution in [0.3, 0.4) is 0 Å². The number of carbonyl (C=O) groups excluding carboxylic acids is 3. The summed E-state index contributed by atoms with van der Waals surface area (Å²) in [6, 6.07) is 3.04. The second-order valence-electron chi connectivity index (χ2n) is 9.39. The molecule has 4 heterocycles. The molecule has 2 aliphatic heterocycles. The van der Waals surface area contributed by atoms with Gasteiger partial charge in [0.05, 0.1) is 6.20 Å². The third-order valence-electron chi connectivity index (χ3n) is 5.67. The van der Waals surface area contributed by atoms with E-state index in [9.17, 15) is 19.5 Å². The molecule has 3 amide bonds. The first-order valence-electron chi connectivity index (χ1n) is 11.4. The van der Waals surface area contributed by atoms with Crippen LogP contribution in [0.4, 0.5) is 10.6 Å². The van der Waals surface area contributed by atoms with Crippen LogP contribution in [0.2, 0.25) is 0 Å². The molecule has 0 aromatic carbocycles. The summed E-state index contributed by atoms with van der Waals surface area (Å²) in [5.74, 6) is -0.743. The highest BCUT2D eigenvalue weighted by Crippen LogP contribution is 2.34. The Bertz CT molecular complexity index is 1130. The number of nitrogens with one attached hydrogen (secondary N) is 3. The van der Waals surface area contributed by atoms with Gasteiger partial charge in [-0.2, -0.15) is 5.10 Å². The maximum absolute atomic E-state index is 12.7. The third kappa shape index (κ3) is 5.60. The highest BCUT2D eigenvalue weighted by Gasteiger charge is 2.33. The molecule has 0 spiro atoms. The molecule has 0 saturated carbocycles. The Hall–Kier alpha value is -3.93. The van der Waals surface area contributed by atoms with Crippen molar-refractivity contribution in [1.82, 2.24) is 30.5 Å². The molecule has 35 heavy (non-hydrogen) atoms. The predicted molar refractivity (Wildman–Crippen MR) is 126 cm³/mol. The summed E-state index contributed by atoms with van der Waals surface area (Å²) in [6.07, 6.45) is 5.92. The molecule has 186 valence electrons. The van der Waals surface area contributed by atoms with Gasteiger partial charge in [-0.3, -0.25) is 25.4 Å². The number of pyridine rings is 1. The number of aromatic nitrogens is 3. The van der Waals surface area contributed by atoms with E-state index in [-0.39, 0.29) is 17.6 Å². The van der Waals surface area contributed by atoms with Crippen molar-refractivity contribution in [2.75, 3.05) is 18.4 Å². The number of hydrogen-bond donors (Lipinski definition) is 4. The number of likely N-dealkylation sites (tertiary alicyclic amines) is 1. The number of piperidine rings is 1. The summed E-state index contributed by atoms with van der Waals surface area (Å²) in [7, 11) is 0. The van der Waals surface area contributed by atoms with Crippen molar-refractivity contribution >= 4 is 29.4 Å². The number of aliphatic hydroxyl groups excluding tert-OH is 1. The first-order valence-corrected chi connectivity index (χ1v) is 11.4. The lowest BCUT2D eigenvalue weighted by atomic mass is 9.92. The number of ether oxygens (including phenoxy) is 1. The number of hydrazine groups is 1. The number of aliphatic hydroxyl groups is 1. The van der Waals surface area contributed by atoms with Crippen LogP contribution in [0.5, 0.6) is 0 Å². The second kappa shape index (κ2) is 9.74. The SMILES string of the molecule is CC(C)(C)OC(=O)N1CCC(C2=CC(O)Nc3c(C(=O)NNC(=O)c4ccncc4)cnn32)CC1. The Kier molecular flexibility index (Phi) is 6.74. The van der Waals surface area contributed by atoms with E-state index < -0.39 is 23.6 Å². The lowest BCUT2D eigenvalue weighted by Gasteiger charge is -2.35. The van der Waals surface area contributed by atoms with Crippen LogP contribution in [0.25, 0.3) is 5.70 Å². The molecule has 12 heteroatoms. The zero-order valence-corrected chi connectivity index (χ0v) is 19.8. The van der Waals surface area contributed by atoms with E-state index in [2.05, 4.69) is 26.3 Å². The van der Waals surface area contributed by atoms with Crippen LogP contribution in [0, 0.1) is 5.92 Å². The minimum atomic E-state index is -1.02. The number of hydrogen-bond acceptors (Lipinski definition) is 8. The number of fused-ring (bicyclic) bond motifs is 1. The average molecular weight is 484 g/mol. The summed E-state index contributed by atoms with van der Waals surface area (Å²) < 4.78 is 7.04. The van der Waals surface area contributed by atoms with Gasteiger partial charge in [-0.1, -0.05) is 0 Å². The van der Waals surface area contributed by atoms with E-state index in [1.807, 2.05) is 20.8 Å². The van der Waals surface area contributed by atoms with Crippen molar-refractivity contribution in [2.24, 2.45) is 5.92 Å². The van der Waals surface area contributed by atoms with Gasteiger partial charge in [-0.15, -0.1) is 0 Å². The van der Waals surface area contributed by atoms with Gasteiger partial charge in [0, 0.05) is 42.7 Å². The Morgan fingerprint density at radius 2 is 1.77 bits per heavy atom. The number of anilines is 1. The minimum absolute atomic E-state index is 0.0198. The molecule has 1 atom stereocenters. The molecule has 12 nitrogen and oxygen atoms in total. The van der Waals surface area contributed by atoms with E-state index in [1.165, 1.54) is 30.7 Å². The molecule has 4 rings (SSSR count). The highest BCUT2D eigenvalue weighted by molar-refractivity contribution is 6.02. The van der Waals surface area contributed by atoms with Crippen LogP contribution >= 0.6 is 0 Å². The Morgan fingerprint density at radius 3 is 2.43 bits per heavy atom. The van der Waals surface area contributed by atoms with E-state index in [0.29, 0.717) is 37.3 Å². The number of nitrogens with zero attached hydrogens (tertiary/aromatic N) is 4. The van der Waals surface area contributed by atoms with Crippen LogP contribution < -0.4 is 16.2 Å². The van der Waals surface area contributed by atoms with Gasteiger partial charge in [0.25, 0.3) is 11.8 Å². The van der Waals surface area contributed by atoms with Crippen molar-refractivity contribution in [2.45, 2.75) is 45.4 Å².